The molecule has 1 N–H and O–H groups in total. The highest BCUT2D eigenvalue weighted by Crippen LogP contribution is 2.52. The summed E-state index contributed by atoms with van der Waals surface area (Å²) in [5.41, 5.74) is 2.74. The smallest absolute Gasteiger partial charge is 0.340 e. The molecular formula is C26H22Cl2N2O6. The zero-order valence-corrected chi connectivity index (χ0v) is 21.1. The number of ether oxygens (including phenoxy) is 4. The third kappa shape index (κ3) is 3.86. The lowest BCUT2D eigenvalue weighted by Crippen LogP contribution is -2.35. The molecule has 0 saturated heterocycles. The molecule has 0 aromatic heterocycles. The van der Waals surface area contributed by atoms with Gasteiger partial charge in [-0.1, -0.05) is 41.4 Å². The average molecular weight is 529 g/mol. The number of hydrazone groups is 1. The molecule has 0 bridgehead atoms. The van der Waals surface area contributed by atoms with Crippen LogP contribution in [0.2, 0.25) is 10.0 Å². The first-order valence-corrected chi connectivity index (χ1v) is 11.8. The van der Waals surface area contributed by atoms with Gasteiger partial charge in [0.25, 0.3) is 0 Å². The number of hydrogen-bond donors (Lipinski definition) is 1. The van der Waals surface area contributed by atoms with Crippen LogP contribution < -0.4 is 18.9 Å². The van der Waals surface area contributed by atoms with Crippen molar-refractivity contribution in [1.82, 2.24) is 5.01 Å². The standard InChI is InChI=1S/C26H22Cl2N2O6/c1-33-20-6-4-5-14-19-12-18(13-7-9-16(27)17(28)11-13)29-30(19)25(36-23(14)20)15-8-10-21(34-2)24(35-3)22(15)26(31)32/h4-11,19,25H,12H2,1-3H3,(H,31,32)/t19-,25-/m0/s1. The Morgan fingerprint density at radius 1 is 1.00 bits per heavy atom. The number of nitrogens with zero attached hydrogens (tertiary/aromatic N) is 2. The van der Waals surface area contributed by atoms with Gasteiger partial charge in [0.15, 0.2) is 23.0 Å². The molecule has 2 atom stereocenters. The predicted octanol–water partition coefficient (Wildman–Crippen LogP) is 5.96. The van der Waals surface area contributed by atoms with Crippen molar-refractivity contribution in [1.29, 1.82) is 0 Å². The SMILES string of the molecule is COc1cccc2c1O[C@@H](c1ccc(OC)c(OC)c1C(=O)O)N1N=C(c3ccc(Cl)c(Cl)c3)C[C@@H]21. The molecule has 5 rings (SSSR count). The minimum absolute atomic E-state index is 0.0721. The van der Waals surface area contributed by atoms with Crippen LogP contribution in [0.1, 0.15) is 45.7 Å². The first kappa shape index (κ1) is 24.1. The second-order valence-corrected chi connectivity index (χ2v) is 9.01. The fourth-order valence-electron chi connectivity index (χ4n) is 4.67. The number of carboxylic acid groups (broad SMARTS) is 1. The normalized spacial score (nSPS) is 18.0. The van der Waals surface area contributed by atoms with Crippen molar-refractivity contribution in [2.45, 2.75) is 18.7 Å². The van der Waals surface area contributed by atoms with E-state index in [1.54, 1.807) is 42.5 Å². The van der Waals surface area contributed by atoms with Crippen molar-refractivity contribution in [2.24, 2.45) is 5.10 Å². The van der Waals surface area contributed by atoms with Crippen molar-refractivity contribution >= 4 is 34.9 Å². The molecule has 0 fully saturated rings. The number of fused-ring (bicyclic) bond motifs is 3. The molecular weight excluding hydrogens is 507 g/mol. The summed E-state index contributed by atoms with van der Waals surface area (Å²) in [5, 5.41) is 17.7. The summed E-state index contributed by atoms with van der Waals surface area (Å²) in [6.45, 7) is 0. The van der Waals surface area contributed by atoms with Gasteiger partial charge in [0.1, 0.15) is 5.56 Å². The summed E-state index contributed by atoms with van der Waals surface area (Å²) in [6.07, 6.45) is -0.349. The molecule has 186 valence electrons. The van der Waals surface area contributed by atoms with E-state index in [1.807, 2.05) is 18.2 Å². The number of carboxylic acids is 1. The van der Waals surface area contributed by atoms with E-state index < -0.39 is 12.2 Å². The van der Waals surface area contributed by atoms with Crippen molar-refractivity contribution in [3.05, 3.63) is 80.8 Å². The number of carbonyl (C=O) groups is 1. The number of benzene rings is 3. The lowest BCUT2D eigenvalue weighted by atomic mass is 9.94. The zero-order chi connectivity index (χ0) is 25.6. The molecule has 2 heterocycles. The fraction of sp³-hybridized carbons (Fsp3) is 0.231. The molecule has 8 nitrogen and oxygen atoms in total. The second-order valence-electron chi connectivity index (χ2n) is 8.19. The Morgan fingerprint density at radius 2 is 1.78 bits per heavy atom. The minimum atomic E-state index is -1.18. The molecule has 0 aliphatic carbocycles. The average Bonchev–Trinajstić information content (AvgIpc) is 3.34. The Hall–Kier alpha value is -3.62. The maximum atomic E-state index is 12.4. The van der Waals surface area contributed by atoms with Crippen molar-refractivity contribution < 1.29 is 28.8 Å². The maximum absolute atomic E-state index is 12.4. The Balaban J connectivity index is 1.70. The van der Waals surface area contributed by atoms with Gasteiger partial charge < -0.3 is 24.1 Å². The van der Waals surface area contributed by atoms with E-state index in [0.29, 0.717) is 39.3 Å². The summed E-state index contributed by atoms with van der Waals surface area (Å²) < 4.78 is 22.8. The monoisotopic (exact) mass is 528 g/mol. The van der Waals surface area contributed by atoms with E-state index in [0.717, 1.165) is 16.8 Å². The Bertz CT molecular complexity index is 1390. The molecule has 0 radical (unpaired) electrons. The van der Waals surface area contributed by atoms with Crippen molar-refractivity contribution in [3.63, 3.8) is 0 Å². The van der Waals surface area contributed by atoms with Crippen LogP contribution in [0.5, 0.6) is 23.0 Å². The van der Waals surface area contributed by atoms with Crippen LogP contribution in [0, 0.1) is 0 Å². The number of halogens is 2. The van der Waals surface area contributed by atoms with E-state index in [1.165, 1.54) is 14.2 Å². The number of aromatic carboxylic acids is 1. The van der Waals surface area contributed by atoms with Crippen molar-refractivity contribution in [3.8, 4) is 23.0 Å². The topological polar surface area (TPSA) is 89.8 Å². The van der Waals surface area contributed by atoms with Crippen LogP contribution in [0.25, 0.3) is 0 Å². The van der Waals surface area contributed by atoms with Crippen molar-refractivity contribution in [2.75, 3.05) is 21.3 Å². The third-order valence-electron chi connectivity index (χ3n) is 6.31. The quantitative estimate of drug-likeness (QED) is 0.422. The second kappa shape index (κ2) is 9.44. The third-order valence-corrected chi connectivity index (χ3v) is 7.05. The Morgan fingerprint density at radius 3 is 2.44 bits per heavy atom. The Labute approximate surface area is 217 Å². The molecule has 0 unspecified atom stereocenters. The first-order valence-electron chi connectivity index (χ1n) is 11.0. The van der Waals surface area contributed by atoms with E-state index in [4.69, 9.17) is 47.3 Å². The molecule has 3 aromatic rings. The highest BCUT2D eigenvalue weighted by Gasteiger charge is 2.44. The van der Waals surface area contributed by atoms with E-state index in [2.05, 4.69) is 0 Å². The number of rotatable bonds is 6. The van der Waals surface area contributed by atoms with Crippen LogP contribution in [0.3, 0.4) is 0 Å². The van der Waals surface area contributed by atoms with Crippen LogP contribution in [0.15, 0.2) is 53.6 Å². The molecule has 0 saturated carbocycles. The van der Waals surface area contributed by atoms with Gasteiger partial charge in [0, 0.05) is 17.5 Å². The molecule has 10 heteroatoms. The molecule has 0 amide bonds. The van der Waals surface area contributed by atoms with Gasteiger partial charge >= 0.3 is 5.97 Å². The molecule has 36 heavy (non-hydrogen) atoms. The van der Waals surface area contributed by atoms with Gasteiger partial charge in [-0.3, -0.25) is 0 Å². The van der Waals surface area contributed by atoms with E-state index >= 15 is 0 Å². The van der Waals surface area contributed by atoms with Gasteiger partial charge in [-0.2, -0.15) is 5.10 Å². The molecule has 0 spiro atoms. The summed E-state index contributed by atoms with van der Waals surface area (Å²) >= 11 is 12.4. The van der Waals surface area contributed by atoms with Gasteiger partial charge in [0.05, 0.1) is 43.1 Å². The summed E-state index contributed by atoms with van der Waals surface area (Å²) in [5.74, 6) is 0.284. The van der Waals surface area contributed by atoms with Gasteiger partial charge in [-0.15, -0.1) is 0 Å². The number of para-hydroxylation sites is 1. The Kier molecular flexibility index (Phi) is 6.32. The van der Waals surface area contributed by atoms with E-state index in [-0.39, 0.29) is 17.4 Å². The first-order chi connectivity index (χ1) is 17.4. The fourth-order valence-corrected chi connectivity index (χ4v) is 4.97. The van der Waals surface area contributed by atoms with E-state index in [9.17, 15) is 9.90 Å². The summed E-state index contributed by atoms with van der Waals surface area (Å²) in [6, 6.07) is 14.0. The minimum Gasteiger partial charge on any atom is -0.493 e. The highest BCUT2D eigenvalue weighted by molar-refractivity contribution is 6.42. The number of methoxy groups -OCH3 is 3. The highest BCUT2D eigenvalue weighted by atomic mass is 35.5. The van der Waals surface area contributed by atoms with Gasteiger partial charge in [-0.25, -0.2) is 9.80 Å². The van der Waals surface area contributed by atoms with Crippen LogP contribution in [-0.4, -0.2) is 43.1 Å². The number of hydrogen-bond acceptors (Lipinski definition) is 7. The van der Waals surface area contributed by atoms with Crippen LogP contribution in [-0.2, 0) is 0 Å². The predicted molar refractivity (Wildman–Crippen MR) is 135 cm³/mol. The van der Waals surface area contributed by atoms with Gasteiger partial charge in [-0.05, 0) is 35.9 Å². The summed E-state index contributed by atoms with van der Waals surface area (Å²) in [4.78, 5) is 12.4. The summed E-state index contributed by atoms with van der Waals surface area (Å²) in [7, 11) is 4.41. The molecule has 3 aromatic carbocycles. The lowest BCUT2D eigenvalue weighted by molar-refractivity contribution is -0.0217. The maximum Gasteiger partial charge on any atom is 0.340 e. The largest absolute Gasteiger partial charge is 0.493 e. The van der Waals surface area contributed by atoms with Crippen LogP contribution in [0.4, 0.5) is 0 Å². The molecule has 2 aliphatic rings. The van der Waals surface area contributed by atoms with Crippen LogP contribution >= 0.6 is 23.2 Å². The van der Waals surface area contributed by atoms with Gasteiger partial charge in [0.2, 0.25) is 6.23 Å². The lowest BCUT2D eigenvalue weighted by Gasteiger charge is -2.39. The molecule has 2 aliphatic heterocycles. The zero-order valence-electron chi connectivity index (χ0n) is 19.6.